The lowest BCUT2D eigenvalue weighted by atomic mass is 10.2. The zero-order chi connectivity index (χ0) is 14.3. The molecule has 0 aliphatic carbocycles. The Morgan fingerprint density at radius 1 is 1.10 bits per heavy atom. The fraction of sp³-hybridized carbons (Fsp3) is 0. The molecule has 0 fully saturated rings. The number of amides is 2. The molecular formula is C14H8ClNO3S. The Morgan fingerprint density at radius 2 is 1.90 bits per heavy atom. The molecule has 1 aromatic heterocycles. The Morgan fingerprint density at radius 3 is 2.55 bits per heavy atom. The summed E-state index contributed by atoms with van der Waals surface area (Å²) in [6.45, 7) is 0. The van der Waals surface area contributed by atoms with E-state index in [2.05, 4.69) is 0 Å². The maximum Gasteiger partial charge on any atom is 0.301 e. The van der Waals surface area contributed by atoms with Gasteiger partial charge in [0.15, 0.2) is 5.76 Å². The number of anilines is 1. The highest BCUT2D eigenvalue weighted by Crippen LogP contribution is 2.34. The van der Waals surface area contributed by atoms with Crippen molar-refractivity contribution in [2.24, 2.45) is 0 Å². The number of imide groups is 1. The van der Waals surface area contributed by atoms with Gasteiger partial charge in [-0.05, 0) is 29.6 Å². The van der Waals surface area contributed by atoms with Gasteiger partial charge in [0.25, 0.3) is 5.91 Å². The average Bonchev–Trinajstić information content (AvgIpc) is 2.99. The molecule has 0 spiro atoms. The smallest absolute Gasteiger partial charge is 0.301 e. The first kappa shape index (κ1) is 12.9. The van der Waals surface area contributed by atoms with Crippen LogP contribution in [0.3, 0.4) is 0 Å². The van der Waals surface area contributed by atoms with E-state index in [-0.39, 0.29) is 5.57 Å². The molecule has 3 rings (SSSR count). The van der Waals surface area contributed by atoms with Crippen LogP contribution in [0.1, 0.15) is 4.88 Å². The summed E-state index contributed by atoms with van der Waals surface area (Å²) in [5, 5.41) is 12.1. The largest absolute Gasteiger partial charge is 0.502 e. The topological polar surface area (TPSA) is 57.6 Å². The number of hydrogen-bond donors (Lipinski definition) is 1. The highest BCUT2D eigenvalue weighted by atomic mass is 35.5. The minimum atomic E-state index is -0.735. The molecule has 0 bridgehead atoms. The zero-order valence-corrected chi connectivity index (χ0v) is 11.6. The second-order valence-electron chi connectivity index (χ2n) is 4.13. The van der Waals surface area contributed by atoms with Crippen LogP contribution in [0.15, 0.2) is 47.5 Å². The Labute approximate surface area is 123 Å². The summed E-state index contributed by atoms with van der Waals surface area (Å²) >= 11 is 7.15. The molecule has 1 N–H and O–H groups in total. The number of aliphatic hydroxyl groups is 1. The number of halogens is 1. The first-order valence-electron chi connectivity index (χ1n) is 5.71. The van der Waals surface area contributed by atoms with E-state index in [0.717, 1.165) is 4.90 Å². The van der Waals surface area contributed by atoms with Crippen LogP contribution in [0.4, 0.5) is 5.69 Å². The first-order valence-corrected chi connectivity index (χ1v) is 6.97. The van der Waals surface area contributed by atoms with Crippen molar-refractivity contribution < 1.29 is 14.7 Å². The predicted molar refractivity (Wildman–Crippen MR) is 77.8 cm³/mol. The third kappa shape index (κ3) is 1.92. The third-order valence-corrected chi connectivity index (χ3v) is 4.02. The van der Waals surface area contributed by atoms with Crippen molar-refractivity contribution in [3.05, 3.63) is 57.4 Å². The van der Waals surface area contributed by atoms with Gasteiger partial charge in [0, 0.05) is 9.90 Å². The molecule has 0 unspecified atom stereocenters. The fourth-order valence-electron chi connectivity index (χ4n) is 2.01. The Balaban J connectivity index is 2.07. The molecule has 6 heteroatoms. The van der Waals surface area contributed by atoms with E-state index in [4.69, 9.17) is 11.6 Å². The molecule has 2 aromatic rings. The fourth-order valence-corrected chi connectivity index (χ4v) is 2.96. The van der Waals surface area contributed by atoms with Gasteiger partial charge in [-0.1, -0.05) is 23.7 Å². The van der Waals surface area contributed by atoms with E-state index in [0.29, 0.717) is 15.6 Å². The number of carbonyl (C=O) groups is 2. The summed E-state index contributed by atoms with van der Waals surface area (Å²) < 4.78 is 0. The molecule has 1 aromatic carbocycles. The number of carbonyl (C=O) groups excluding carboxylic acids is 2. The van der Waals surface area contributed by atoms with Crippen molar-refractivity contribution in [2.75, 3.05) is 4.90 Å². The maximum atomic E-state index is 12.4. The van der Waals surface area contributed by atoms with Crippen molar-refractivity contribution >= 4 is 46.0 Å². The van der Waals surface area contributed by atoms with Crippen molar-refractivity contribution in [3.63, 3.8) is 0 Å². The van der Waals surface area contributed by atoms with Crippen LogP contribution in [0.2, 0.25) is 5.02 Å². The van der Waals surface area contributed by atoms with Crippen LogP contribution in [0.5, 0.6) is 0 Å². The van der Waals surface area contributed by atoms with Crippen LogP contribution in [0.25, 0.3) is 5.57 Å². The lowest BCUT2D eigenvalue weighted by Crippen LogP contribution is -2.31. The van der Waals surface area contributed by atoms with Gasteiger partial charge < -0.3 is 5.11 Å². The molecule has 1 aliphatic heterocycles. The van der Waals surface area contributed by atoms with Gasteiger partial charge in [-0.15, -0.1) is 11.3 Å². The molecule has 0 atom stereocenters. The minimum Gasteiger partial charge on any atom is -0.502 e. The van der Waals surface area contributed by atoms with Crippen molar-refractivity contribution in [2.45, 2.75) is 0 Å². The molecule has 2 heterocycles. The van der Waals surface area contributed by atoms with Gasteiger partial charge >= 0.3 is 5.91 Å². The van der Waals surface area contributed by atoms with E-state index < -0.39 is 17.6 Å². The first-order chi connectivity index (χ1) is 9.59. The quantitative estimate of drug-likeness (QED) is 0.867. The second-order valence-corrected chi connectivity index (χ2v) is 5.51. The van der Waals surface area contributed by atoms with Crippen LogP contribution in [0, 0.1) is 0 Å². The number of aliphatic hydroxyl groups excluding tert-OH is 1. The summed E-state index contributed by atoms with van der Waals surface area (Å²) in [5.74, 6) is -1.81. The van der Waals surface area contributed by atoms with Crippen molar-refractivity contribution in [1.29, 1.82) is 0 Å². The molecule has 0 saturated heterocycles. The van der Waals surface area contributed by atoms with Crippen molar-refractivity contribution in [3.8, 4) is 0 Å². The summed E-state index contributed by atoms with van der Waals surface area (Å²) in [5.41, 5.74) is 0.371. The van der Waals surface area contributed by atoms with Gasteiger partial charge in [-0.3, -0.25) is 9.59 Å². The molecule has 2 amide bonds. The predicted octanol–water partition coefficient (Wildman–Crippen LogP) is 3.24. The Kier molecular flexibility index (Phi) is 3.08. The Hall–Kier alpha value is -2.11. The molecule has 20 heavy (non-hydrogen) atoms. The molecule has 100 valence electrons. The van der Waals surface area contributed by atoms with Gasteiger partial charge in [0.1, 0.15) is 5.57 Å². The van der Waals surface area contributed by atoms with Crippen molar-refractivity contribution in [1.82, 2.24) is 0 Å². The van der Waals surface area contributed by atoms with Crippen LogP contribution >= 0.6 is 22.9 Å². The van der Waals surface area contributed by atoms with Crippen LogP contribution < -0.4 is 4.90 Å². The minimum absolute atomic E-state index is 0.0324. The number of rotatable bonds is 2. The maximum absolute atomic E-state index is 12.4. The Bertz CT molecular complexity index is 737. The molecule has 1 aliphatic rings. The summed E-state index contributed by atoms with van der Waals surface area (Å²) in [6, 6.07) is 9.80. The van der Waals surface area contributed by atoms with Gasteiger partial charge in [0.2, 0.25) is 0 Å². The highest BCUT2D eigenvalue weighted by Gasteiger charge is 2.40. The number of benzene rings is 1. The van der Waals surface area contributed by atoms with E-state index >= 15 is 0 Å². The van der Waals surface area contributed by atoms with Gasteiger partial charge in [-0.2, -0.15) is 0 Å². The van der Waals surface area contributed by atoms with E-state index in [1.165, 1.54) is 17.4 Å². The summed E-state index contributed by atoms with van der Waals surface area (Å²) in [7, 11) is 0. The molecule has 0 saturated carbocycles. The monoisotopic (exact) mass is 305 g/mol. The molecule has 0 radical (unpaired) electrons. The summed E-state index contributed by atoms with van der Waals surface area (Å²) in [6.07, 6.45) is 0. The second kappa shape index (κ2) is 4.77. The number of hydrogen-bond acceptors (Lipinski definition) is 4. The van der Waals surface area contributed by atoms with E-state index in [1.807, 2.05) is 0 Å². The summed E-state index contributed by atoms with van der Waals surface area (Å²) in [4.78, 5) is 26.0. The molecular weight excluding hydrogens is 298 g/mol. The van der Waals surface area contributed by atoms with Crippen LogP contribution in [-0.2, 0) is 9.59 Å². The highest BCUT2D eigenvalue weighted by molar-refractivity contribution is 7.11. The van der Waals surface area contributed by atoms with E-state index in [9.17, 15) is 14.7 Å². The number of thiophene rings is 1. The molecule has 4 nitrogen and oxygen atoms in total. The van der Waals surface area contributed by atoms with E-state index in [1.54, 1.807) is 35.7 Å². The van der Waals surface area contributed by atoms with Crippen LogP contribution in [-0.4, -0.2) is 16.9 Å². The zero-order valence-electron chi connectivity index (χ0n) is 10.0. The average molecular weight is 306 g/mol. The normalized spacial score (nSPS) is 15.3. The number of nitrogens with zero attached hydrogens (tertiary/aromatic N) is 1. The third-order valence-electron chi connectivity index (χ3n) is 2.89. The van der Waals surface area contributed by atoms with Gasteiger partial charge in [0.05, 0.1) is 5.69 Å². The lowest BCUT2D eigenvalue weighted by Gasteiger charge is -2.14. The SMILES string of the molecule is O=C1C(O)=C(c2cccs2)C(=O)N1c1cccc(Cl)c1. The van der Waals surface area contributed by atoms with Gasteiger partial charge in [-0.25, -0.2) is 4.90 Å². The lowest BCUT2D eigenvalue weighted by molar-refractivity contribution is -0.121. The standard InChI is InChI=1S/C14H8ClNO3S/c15-8-3-1-4-9(7-8)16-13(18)11(12(17)14(16)19)10-5-2-6-20-10/h1-7,17H.